The van der Waals surface area contributed by atoms with Gasteiger partial charge in [-0.05, 0) is 24.7 Å². The van der Waals surface area contributed by atoms with Crippen LogP contribution >= 0.6 is 12.4 Å². The Morgan fingerprint density at radius 2 is 1.86 bits per heavy atom. The molecule has 1 amide bonds. The molecular weight excluding hydrogens is 286 g/mol. The van der Waals surface area contributed by atoms with Gasteiger partial charge in [0.15, 0.2) is 0 Å². The Labute approximate surface area is 135 Å². The number of likely N-dealkylation sites (tertiary alicyclic amines) is 1. The second-order valence-electron chi connectivity index (χ2n) is 7.39. The molecule has 2 rings (SSSR count). The van der Waals surface area contributed by atoms with Crippen LogP contribution < -0.4 is 5.73 Å². The highest BCUT2D eigenvalue weighted by molar-refractivity contribution is 5.85. The van der Waals surface area contributed by atoms with E-state index in [1.807, 2.05) is 11.9 Å². The van der Waals surface area contributed by atoms with Crippen LogP contribution in [0.2, 0.25) is 0 Å². The molecule has 2 aliphatic rings. The van der Waals surface area contributed by atoms with Gasteiger partial charge in [0.05, 0.1) is 6.54 Å². The summed E-state index contributed by atoms with van der Waals surface area (Å²) in [4.78, 5) is 16.7. The zero-order valence-electron chi connectivity index (χ0n) is 13.8. The molecule has 1 heterocycles. The van der Waals surface area contributed by atoms with Gasteiger partial charge in [-0.15, -0.1) is 12.4 Å². The summed E-state index contributed by atoms with van der Waals surface area (Å²) in [5.41, 5.74) is 6.27. The molecular formula is C16H32ClN3O. The predicted octanol–water partition coefficient (Wildman–Crippen LogP) is 2.26. The molecule has 2 fully saturated rings. The van der Waals surface area contributed by atoms with E-state index in [0.717, 1.165) is 19.5 Å². The van der Waals surface area contributed by atoms with E-state index >= 15 is 0 Å². The average molecular weight is 318 g/mol. The molecule has 0 spiro atoms. The number of amides is 1. The summed E-state index contributed by atoms with van der Waals surface area (Å²) in [5, 5.41) is 0. The molecule has 1 saturated heterocycles. The molecule has 1 atom stereocenters. The van der Waals surface area contributed by atoms with Crippen molar-refractivity contribution in [2.24, 2.45) is 11.1 Å². The van der Waals surface area contributed by atoms with Crippen molar-refractivity contribution in [3.63, 3.8) is 0 Å². The maximum absolute atomic E-state index is 12.5. The van der Waals surface area contributed by atoms with Gasteiger partial charge in [-0.1, -0.05) is 33.1 Å². The number of rotatable bonds is 3. The van der Waals surface area contributed by atoms with Gasteiger partial charge < -0.3 is 10.6 Å². The number of hydrogen-bond donors (Lipinski definition) is 1. The number of nitrogens with two attached hydrogens (primary N) is 1. The van der Waals surface area contributed by atoms with Crippen molar-refractivity contribution >= 4 is 18.3 Å². The first-order chi connectivity index (χ1) is 9.40. The molecule has 124 valence electrons. The SMILES string of the molecule is CN(C(=O)CN1CCC(N)C(C)(C)C1)C1CCCCC1.Cl. The summed E-state index contributed by atoms with van der Waals surface area (Å²) in [6.45, 7) is 6.86. The Morgan fingerprint density at radius 1 is 1.24 bits per heavy atom. The summed E-state index contributed by atoms with van der Waals surface area (Å²) < 4.78 is 0. The van der Waals surface area contributed by atoms with Crippen LogP contribution in [0.5, 0.6) is 0 Å². The van der Waals surface area contributed by atoms with Crippen LogP contribution in [-0.2, 0) is 4.79 Å². The molecule has 1 unspecified atom stereocenters. The topological polar surface area (TPSA) is 49.6 Å². The highest BCUT2D eigenvalue weighted by Crippen LogP contribution is 2.28. The Balaban J connectivity index is 0.00000220. The molecule has 0 radical (unpaired) electrons. The van der Waals surface area contributed by atoms with Crippen LogP contribution in [-0.4, -0.2) is 54.5 Å². The number of nitrogens with zero attached hydrogens (tertiary/aromatic N) is 2. The third kappa shape index (κ3) is 4.83. The first kappa shape index (κ1) is 18.7. The first-order valence-corrected chi connectivity index (χ1v) is 8.14. The maximum atomic E-state index is 12.5. The molecule has 21 heavy (non-hydrogen) atoms. The van der Waals surface area contributed by atoms with E-state index in [1.165, 1.54) is 32.1 Å². The molecule has 5 heteroatoms. The second-order valence-corrected chi connectivity index (χ2v) is 7.39. The van der Waals surface area contributed by atoms with Crippen molar-refractivity contribution in [2.75, 3.05) is 26.7 Å². The van der Waals surface area contributed by atoms with Gasteiger partial charge in [-0.2, -0.15) is 0 Å². The van der Waals surface area contributed by atoms with E-state index in [4.69, 9.17) is 5.73 Å². The molecule has 1 aliphatic carbocycles. The van der Waals surface area contributed by atoms with E-state index in [1.54, 1.807) is 0 Å². The summed E-state index contributed by atoms with van der Waals surface area (Å²) in [7, 11) is 1.99. The van der Waals surface area contributed by atoms with Gasteiger partial charge in [0.25, 0.3) is 0 Å². The van der Waals surface area contributed by atoms with Crippen molar-refractivity contribution in [3.05, 3.63) is 0 Å². The minimum Gasteiger partial charge on any atom is -0.342 e. The lowest BCUT2D eigenvalue weighted by Crippen LogP contribution is -2.54. The zero-order chi connectivity index (χ0) is 14.8. The molecule has 2 N–H and O–H groups in total. The van der Waals surface area contributed by atoms with Gasteiger partial charge in [0, 0.05) is 32.2 Å². The molecule has 0 bridgehead atoms. The number of hydrogen-bond acceptors (Lipinski definition) is 3. The summed E-state index contributed by atoms with van der Waals surface area (Å²) in [6, 6.07) is 0.723. The van der Waals surface area contributed by atoms with Crippen molar-refractivity contribution in [1.29, 1.82) is 0 Å². The Kier molecular flexibility index (Phi) is 6.95. The summed E-state index contributed by atoms with van der Waals surface area (Å²) in [5.74, 6) is 0.281. The van der Waals surface area contributed by atoms with Crippen molar-refractivity contribution in [3.8, 4) is 0 Å². The fourth-order valence-corrected chi connectivity index (χ4v) is 3.59. The highest BCUT2D eigenvalue weighted by atomic mass is 35.5. The van der Waals surface area contributed by atoms with Gasteiger partial charge in [-0.3, -0.25) is 9.69 Å². The number of halogens is 1. The fourth-order valence-electron chi connectivity index (χ4n) is 3.59. The Bertz CT molecular complexity index is 342. The van der Waals surface area contributed by atoms with E-state index in [-0.39, 0.29) is 29.8 Å². The summed E-state index contributed by atoms with van der Waals surface area (Å²) >= 11 is 0. The molecule has 0 aromatic carbocycles. The largest absolute Gasteiger partial charge is 0.342 e. The van der Waals surface area contributed by atoms with Crippen LogP contribution in [0.1, 0.15) is 52.4 Å². The predicted molar refractivity (Wildman–Crippen MR) is 89.7 cm³/mol. The van der Waals surface area contributed by atoms with E-state index in [0.29, 0.717) is 12.6 Å². The lowest BCUT2D eigenvalue weighted by atomic mass is 9.80. The highest BCUT2D eigenvalue weighted by Gasteiger charge is 2.34. The molecule has 0 aromatic rings. The third-order valence-corrected chi connectivity index (χ3v) is 5.27. The number of likely N-dealkylation sites (N-methyl/N-ethyl adjacent to an activating group) is 1. The maximum Gasteiger partial charge on any atom is 0.236 e. The normalized spacial score (nSPS) is 27.0. The van der Waals surface area contributed by atoms with Crippen molar-refractivity contribution in [2.45, 2.75) is 64.5 Å². The lowest BCUT2D eigenvalue weighted by Gasteiger charge is -2.43. The Morgan fingerprint density at radius 3 is 2.43 bits per heavy atom. The molecule has 0 aromatic heterocycles. The quantitative estimate of drug-likeness (QED) is 0.868. The summed E-state index contributed by atoms with van der Waals surface area (Å²) in [6.07, 6.45) is 7.23. The monoisotopic (exact) mass is 317 g/mol. The van der Waals surface area contributed by atoms with Crippen molar-refractivity contribution < 1.29 is 4.79 Å². The van der Waals surface area contributed by atoms with E-state index in [2.05, 4.69) is 18.7 Å². The van der Waals surface area contributed by atoms with Gasteiger partial charge in [0.1, 0.15) is 0 Å². The zero-order valence-corrected chi connectivity index (χ0v) is 14.6. The minimum atomic E-state index is 0. The van der Waals surface area contributed by atoms with Crippen LogP contribution in [0.25, 0.3) is 0 Å². The molecule has 1 saturated carbocycles. The first-order valence-electron chi connectivity index (χ1n) is 8.14. The van der Waals surface area contributed by atoms with Gasteiger partial charge in [-0.25, -0.2) is 0 Å². The lowest BCUT2D eigenvalue weighted by molar-refractivity contribution is -0.134. The number of piperidine rings is 1. The second kappa shape index (κ2) is 7.80. The van der Waals surface area contributed by atoms with Crippen molar-refractivity contribution in [1.82, 2.24) is 9.80 Å². The van der Waals surface area contributed by atoms with Crippen LogP contribution in [0.4, 0.5) is 0 Å². The molecule has 1 aliphatic heterocycles. The van der Waals surface area contributed by atoms with Crippen LogP contribution in [0.3, 0.4) is 0 Å². The smallest absolute Gasteiger partial charge is 0.236 e. The average Bonchev–Trinajstić information content (AvgIpc) is 2.42. The number of carbonyl (C=O) groups excluding carboxylic acids is 1. The third-order valence-electron chi connectivity index (χ3n) is 5.27. The minimum absolute atomic E-state index is 0. The fraction of sp³-hybridized carbons (Fsp3) is 0.938. The van der Waals surface area contributed by atoms with Crippen LogP contribution in [0, 0.1) is 5.41 Å². The molecule has 4 nitrogen and oxygen atoms in total. The van der Waals surface area contributed by atoms with Gasteiger partial charge >= 0.3 is 0 Å². The standard InChI is InChI=1S/C16H31N3O.ClH/c1-16(2)12-19(10-9-14(16)17)11-15(20)18(3)13-7-5-4-6-8-13;/h13-14H,4-12,17H2,1-3H3;1H. The Hall–Kier alpha value is -0.320. The van der Waals surface area contributed by atoms with Gasteiger partial charge in [0.2, 0.25) is 5.91 Å². The van der Waals surface area contributed by atoms with E-state index in [9.17, 15) is 4.79 Å². The number of carbonyl (C=O) groups is 1. The van der Waals surface area contributed by atoms with Crippen LogP contribution in [0.15, 0.2) is 0 Å². The van der Waals surface area contributed by atoms with E-state index < -0.39 is 0 Å².